The number of hydrogen-bond donors (Lipinski definition) is 3. The Labute approximate surface area is 136 Å². The lowest BCUT2D eigenvalue weighted by molar-refractivity contribution is -0.123. The van der Waals surface area contributed by atoms with Gasteiger partial charge in [-0.3, -0.25) is 15.6 Å². The topological polar surface area (TPSA) is 71.6 Å². The molecule has 6 nitrogen and oxygen atoms in total. The number of nitrogens with one attached hydrogen (secondary N) is 3. The quantitative estimate of drug-likeness (QED) is 0.516. The van der Waals surface area contributed by atoms with Crippen molar-refractivity contribution in [3.05, 3.63) is 29.8 Å². The third kappa shape index (κ3) is 7.24. The van der Waals surface area contributed by atoms with Gasteiger partial charge in [-0.1, -0.05) is 19.1 Å². The molecule has 0 aliphatic rings. The highest BCUT2D eigenvalue weighted by Crippen LogP contribution is 2.13. The average Bonchev–Trinajstić information content (AvgIpc) is 2.51. The summed E-state index contributed by atoms with van der Waals surface area (Å²) in [6, 6.07) is 7.70. The van der Waals surface area contributed by atoms with E-state index < -0.39 is 0 Å². The highest BCUT2D eigenvalue weighted by atomic mass is 32.1. The first kappa shape index (κ1) is 18.2. The Balaban J connectivity index is 2.27. The molecular weight excluding hydrogens is 302 g/mol. The normalized spacial score (nSPS) is 11.4. The van der Waals surface area contributed by atoms with Gasteiger partial charge in [-0.25, -0.2) is 0 Å². The largest absolute Gasteiger partial charge is 0.484 e. The van der Waals surface area contributed by atoms with Gasteiger partial charge in [-0.05, 0) is 43.3 Å². The molecule has 0 aliphatic heterocycles. The van der Waals surface area contributed by atoms with E-state index in [-0.39, 0.29) is 18.6 Å². The predicted molar refractivity (Wildman–Crippen MR) is 89.7 cm³/mol. The summed E-state index contributed by atoms with van der Waals surface area (Å²) in [5, 5.41) is 3.29. The monoisotopic (exact) mass is 325 g/mol. The molecule has 1 atom stereocenters. The molecule has 0 bridgehead atoms. The Kier molecular flexibility index (Phi) is 8.24. The molecule has 22 heavy (non-hydrogen) atoms. The summed E-state index contributed by atoms with van der Waals surface area (Å²) in [5.41, 5.74) is 6.25. The fourth-order valence-electron chi connectivity index (χ4n) is 1.72. The highest BCUT2D eigenvalue weighted by Gasteiger charge is 2.06. The van der Waals surface area contributed by atoms with Crippen LogP contribution in [0.3, 0.4) is 0 Å². The van der Waals surface area contributed by atoms with Crippen molar-refractivity contribution in [1.82, 2.24) is 16.2 Å². The van der Waals surface area contributed by atoms with Crippen LogP contribution in [-0.4, -0.2) is 37.4 Å². The zero-order valence-corrected chi connectivity index (χ0v) is 14.0. The maximum Gasteiger partial charge on any atom is 0.276 e. The summed E-state index contributed by atoms with van der Waals surface area (Å²) in [6.07, 6.45) is 0.921. The number of rotatable bonds is 7. The van der Waals surface area contributed by atoms with Crippen molar-refractivity contribution in [2.45, 2.75) is 26.3 Å². The smallest absolute Gasteiger partial charge is 0.276 e. The molecule has 0 fully saturated rings. The van der Waals surface area contributed by atoms with Gasteiger partial charge in [-0.2, -0.15) is 0 Å². The van der Waals surface area contributed by atoms with Crippen LogP contribution in [0.1, 0.15) is 19.4 Å². The van der Waals surface area contributed by atoms with E-state index in [1.54, 1.807) is 7.11 Å². The van der Waals surface area contributed by atoms with E-state index in [9.17, 15) is 4.79 Å². The number of aryl methyl sites for hydroxylation is 1. The van der Waals surface area contributed by atoms with Crippen LogP contribution in [0.5, 0.6) is 5.75 Å². The standard InChI is InChI=1S/C15H23N3O3S/c1-4-12-6-5-7-13(8-12)21-10-14(19)17-18-15(22)16-11(2)9-20-3/h5-8,11H,4,9-10H2,1-3H3,(H,17,19)(H2,16,18,22)/t11-/m0/s1. The second kappa shape index (κ2) is 9.97. The number of carbonyl (C=O) groups is 1. The van der Waals surface area contributed by atoms with E-state index in [0.29, 0.717) is 17.5 Å². The number of hydrogen-bond acceptors (Lipinski definition) is 4. The highest BCUT2D eigenvalue weighted by molar-refractivity contribution is 7.80. The van der Waals surface area contributed by atoms with Gasteiger partial charge in [0.2, 0.25) is 0 Å². The van der Waals surface area contributed by atoms with Crippen LogP contribution >= 0.6 is 12.2 Å². The lowest BCUT2D eigenvalue weighted by atomic mass is 10.2. The minimum Gasteiger partial charge on any atom is -0.484 e. The molecule has 0 aliphatic carbocycles. The first-order valence-electron chi connectivity index (χ1n) is 7.11. The number of hydrazine groups is 1. The van der Waals surface area contributed by atoms with Crippen molar-refractivity contribution in [2.75, 3.05) is 20.3 Å². The summed E-state index contributed by atoms with van der Waals surface area (Å²) in [4.78, 5) is 11.7. The van der Waals surface area contributed by atoms with Crippen LogP contribution in [0.15, 0.2) is 24.3 Å². The number of ether oxygens (including phenoxy) is 2. The van der Waals surface area contributed by atoms with Gasteiger partial charge >= 0.3 is 0 Å². The van der Waals surface area contributed by atoms with Crippen molar-refractivity contribution < 1.29 is 14.3 Å². The second-order valence-electron chi connectivity index (χ2n) is 4.79. The van der Waals surface area contributed by atoms with Crippen molar-refractivity contribution in [3.8, 4) is 5.75 Å². The summed E-state index contributed by atoms with van der Waals surface area (Å²) < 4.78 is 10.4. The maximum atomic E-state index is 11.7. The van der Waals surface area contributed by atoms with Gasteiger partial charge in [0, 0.05) is 13.2 Å². The van der Waals surface area contributed by atoms with Crippen LogP contribution < -0.4 is 20.9 Å². The lowest BCUT2D eigenvalue weighted by Crippen LogP contribution is -2.50. The number of carbonyl (C=O) groups excluding carboxylic acids is 1. The van der Waals surface area contributed by atoms with Crippen molar-refractivity contribution in [1.29, 1.82) is 0 Å². The fourth-order valence-corrected chi connectivity index (χ4v) is 1.97. The number of methoxy groups -OCH3 is 1. The van der Waals surface area contributed by atoms with Crippen LogP contribution in [-0.2, 0) is 16.0 Å². The molecule has 0 aromatic heterocycles. The minimum absolute atomic E-state index is 0.0509. The molecule has 0 unspecified atom stereocenters. The van der Waals surface area contributed by atoms with Crippen LogP contribution in [0.2, 0.25) is 0 Å². The molecule has 3 N–H and O–H groups in total. The summed E-state index contributed by atoms with van der Waals surface area (Å²) in [6.45, 7) is 4.42. The lowest BCUT2D eigenvalue weighted by Gasteiger charge is -2.16. The van der Waals surface area contributed by atoms with Gasteiger partial charge < -0.3 is 14.8 Å². The Morgan fingerprint density at radius 3 is 2.82 bits per heavy atom. The Morgan fingerprint density at radius 2 is 2.14 bits per heavy atom. The molecule has 1 amide bonds. The molecule has 0 radical (unpaired) electrons. The van der Waals surface area contributed by atoms with Crippen molar-refractivity contribution in [2.24, 2.45) is 0 Å². The fraction of sp³-hybridized carbons (Fsp3) is 0.467. The predicted octanol–water partition coefficient (Wildman–Crippen LogP) is 1.16. The van der Waals surface area contributed by atoms with Gasteiger partial charge in [0.25, 0.3) is 5.91 Å². The number of benzene rings is 1. The SMILES string of the molecule is CCc1cccc(OCC(=O)NNC(=S)N[C@@H](C)COC)c1. The van der Waals surface area contributed by atoms with E-state index in [2.05, 4.69) is 23.1 Å². The van der Waals surface area contributed by atoms with Crippen LogP contribution in [0, 0.1) is 0 Å². The van der Waals surface area contributed by atoms with Gasteiger partial charge in [-0.15, -0.1) is 0 Å². The number of thiocarbonyl (C=S) groups is 1. The summed E-state index contributed by atoms with van der Waals surface area (Å²) >= 11 is 5.04. The van der Waals surface area contributed by atoms with Crippen molar-refractivity contribution >= 4 is 23.2 Å². The maximum absolute atomic E-state index is 11.7. The molecular formula is C15H23N3O3S. The van der Waals surface area contributed by atoms with Gasteiger partial charge in [0.15, 0.2) is 11.7 Å². The zero-order chi connectivity index (χ0) is 16.4. The van der Waals surface area contributed by atoms with E-state index in [1.807, 2.05) is 31.2 Å². The molecule has 0 saturated heterocycles. The molecule has 1 rings (SSSR count). The zero-order valence-electron chi connectivity index (χ0n) is 13.1. The molecule has 122 valence electrons. The molecule has 1 aromatic carbocycles. The second-order valence-corrected chi connectivity index (χ2v) is 5.20. The van der Waals surface area contributed by atoms with E-state index >= 15 is 0 Å². The Hall–Kier alpha value is -1.86. The minimum atomic E-state index is -0.314. The average molecular weight is 325 g/mol. The Morgan fingerprint density at radius 1 is 1.36 bits per heavy atom. The van der Waals surface area contributed by atoms with E-state index in [0.717, 1.165) is 12.0 Å². The first-order chi connectivity index (χ1) is 10.5. The summed E-state index contributed by atoms with van der Waals surface area (Å²) in [5.74, 6) is 0.356. The molecule has 0 spiro atoms. The summed E-state index contributed by atoms with van der Waals surface area (Å²) in [7, 11) is 1.61. The molecule has 0 saturated carbocycles. The van der Waals surface area contributed by atoms with Gasteiger partial charge in [0.05, 0.1) is 6.61 Å². The first-order valence-corrected chi connectivity index (χ1v) is 7.52. The van der Waals surface area contributed by atoms with Crippen molar-refractivity contribution in [3.63, 3.8) is 0 Å². The molecule has 7 heteroatoms. The molecule has 1 aromatic rings. The Bertz CT molecular complexity index is 497. The number of amides is 1. The van der Waals surface area contributed by atoms with Gasteiger partial charge in [0.1, 0.15) is 5.75 Å². The third-order valence-corrected chi connectivity index (χ3v) is 3.01. The van der Waals surface area contributed by atoms with Crippen LogP contribution in [0.25, 0.3) is 0 Å². The van der Waals surface area contributed by atoms with E-state index in [1.165, 1.54) is 0 Å². The molecule has 0 heterocycles. The van der Waals surface area contributed by atoms with Crippen LogP contribution in [0.4, 0.5) is 0 Å². The third-order valence-electron chi connectivity index (χ3n) is 2.79. The van der Waals surface area contributed by atoms with E-state index in [4.69, 9.17) is 21.7 Å².